The van der Waals surface area contributed by atoms with Gasteiger partial charge in [0.1, 0.15) is 25.9 Å². The van der Waals surface area contributed by atoms with Gasteiger partial charge in [-0.05, 0) is 0 Å². The molecule has 21 heavy (non-hydrogen) atoms. The topological polar surface area (TPSA) is 151 Å². The normalized spacial score (nSPS) is 11.5. The fraction of sp³-hybridized carbons (Fsp3) is 0.455. The van der Waals surface area contributed by atoms with E-state index in [1.807, 2.05) is 0 Å². The van der Waals surface area contributed by atoms with Crippen LogP contribution in [0.1, 0.15) is 0 Å². The maximum absolute atomic E-state index is 11.0. The number of hydrogen-bond donors (Lipinski definition) is 2. The van der Waals surface area contributed by atoms with Crippen LogP contribution in [-0.2, 0) is 33.3 Å². The molecule has 10 heteroatoms. The number of ether oxygens (including phenoxy) is 4. The van der Waals surface area contributed by atoms with E-state index < -0.39 is 36.7 Å². The molecule has 0 radical (unpaired) electrons. The van der Waals surface area contributed by atoms with Crippen molar-refractivity contribution >= 4 is 24.1 Å². The van der Waals surface area contributed by atoms with Crippen molar-refractivity contribution in [3.63, 3.8) is 0 Å². The Bertz CT molecular complexity index is 418. The van der Waals surface area contributed by atoms with E-state index in [0.29, 0.717) is 0 Å². The van der Waals surface area contributed by atoms with Gasteiger partial charge >= 0.3 is 24.1 Å². The summed E-state index contributed by atoms with van der Waals surface area (Å²) >= 11 is 0. The van der Waals surface area contributed by atoms with Crippen molar-refractivity contribution in [2.45, 2.75) is 6.04 Å². The Balaban J connectivity index is 3.73. The number of esters is 2. The molecule has 0 bridgehead atoms. The molecule has 0 amide bonds. The zero-order valence-corrected chi connectivity index (χ0v) is 11.1. The van der Waals surface area contributed by atoms with Crippen molar-refractivity contribution < 1.29 is 43.2 Å². The second-order valence-corrected chi connectivity index (χ2v) is 3.38. The van der Waals surface area contributed by atoms with Gasteiger partial charge in [0.25, 0.3) is 0 Å². The molecule has 0 fully saturated rings. The highest BCUT2D eigenvalue weighted by molar-refractivity contribution is 5.91. The van der Waals surface area contributed by atoms with E-state index in [1.165, 1.54) is 0 Å². The molecular weight excluding hydrogens is 290 g/mol. The van der Waals surface area contributed by atoms with E-state index in [-0.39, 0.29) is 13.2 Å². The summed E-state index contributed by atoms with van der Waals surface area (Å²) in [6.45, 7) is -1.13. The molecule has 0 aromatic carbocycles. The molecule has 3 N–H and O–H groups in total. The second-order valence-electron chi connectivity index (χ2n) is 3.38. The highest BCUT2D eigenvalue weighted by Gasteiger charge is 2.14. The molecule has 0 saturated heterocycles. The number of carbonyl (C=O) groups excluding carboxylic acids is 3. The lowest BCUT2D eigenvalue weighted by Crippen LogP contribution is -2.35. The first kappa shape index (κ1) is 18.4. The first-order valence-electron chi connectivity index (χ1n) is 5.57. The maximum atomic E-state index is 11.0. The third-order valence-corrected chi connectivity index (χ3v) is 1.80. The van der Waals surface area contributed by atoms with Gasteiger partial charge in [0.05, 0.1) is 7.11 Å². The van der Waals surface area contributed by atoms with Crippen molar-refractivity contribution in [2.24, 2.45) is 5.73 Å². The molecule has 0 aromatic rings. The number of methoxy groups -OCH3 is 1. The quantitative estimate of drug-likeness (QED) is 0.242. The lowest BCUT2D eigenvalue weighted by Gasteiger charge is -2.08. The number of carboxylic acid groups (broad SMARTS) is 1. The predicted octanol–water partition coefficient (Wildman–Crippen LogP) is -1.18. The lowest BCUT2D eigenvalue weighted by molar-refractivity contribution is -0.141. The Hall–Kier alpha value is -2.62. The monoisotopic (exact) mass is 305 g/mol. The van der Waals surface area contributed by atoms with Crippen LogP contribution in [0.25, 0.3) is 0 Å². The molecule has 1 atom stereocenters. The number of rotatable bonds is 8. The lowest BCUT2D eigenvalue weighted by atomic mass is 10.3. The van der Waals surface area contributed by atoms with Crippen LogP contribution in [0.15, 0.2) is 12.2 Å². The summed E-state index contributed by atoms with van der Waals surface area (Å²) in [5.74, 6) is -2.87. The van der Waals surface area contributed by atoms with Gasteiger partial charge < -0.3 is 29.8 Å². The predicted molar refractivity (Wildman–Crippen MR) is 65.0 cm³/mol. The van der Waals surface area contributed by atoms with Crippen molar-refractivity contribution in [3.05, 3.63) is 12.2 Å². The molecule has 0 aliphatic heterocycles. The number of carbonyl (C=O) groups is 4. The van der Waals surface area contributed by atoms with Gasteiger partial charge in [0, 0.05) is 12.2 Å². The van der Waals surface area contributed by atoms with E-state index >= 15 is 0 Å². The van der Waals surface area contributed by atoms with Gasteiger partial charge in [-0.1, -0.05) is 0 Å². The molecule has 0 heterocycles. The van der Waals surface area contributed by atoms with E-state index in [9.17, 15) is 19.2 Å². The molecule has 0 aromatic heterocycles. The summed E-state index contributed by atoms with van der Waals surface area (Å²) in [5.41, 5.74) is 5.08. The SMILES string of the molecule is COC(=O)/C=C/C(=O)OCCOC(=O)OCC(N)C(=O)O. The second kappa shape index (κ2) is 10.2. The molecule has 0 aliphatic rings. The van der Waals surface area contributed by atoms with Gasteiger partial charge in [0.2, 0.25) is 0 Å². The zero-order chi connectivity index (χ0) is 16.3. The molecule has 1 unspecified atom stereocenters. The van der Waals surface area contributed by atoms with Crippen LogP contribution in [0, 0.1) is 0 Å². The van der Waals surface area contributed by atoms with Gasteiger partial charge in [-0.25, -0.2) is 14.4 Å². The van der Waals surface area contributed by atoms with Gasteiger partial charge in [-0.2, -0.15) is 0 Å². The van der Waals surface area contributed by atoms with Crippen molar-refractivity contribution in [1.29, 1.82) is 0 Å². The van der Waals surface area contributed by atoms with Crippen molar-refractivity contribution in [1.82, 2.24) is 0 Å². The third-order valence-electron chi connectivity index (χ3n) is 1.80. The summed E-state index contributed by atoms with van der Waals surface area (Å²) in [7, 11) is 1.15. The molecular formula is C11H15NO9. The number of aliphatic carboxylic acids is 1. The molecule has 0 aliphatic carbocycles. The van der Waals surface area contributed by atoms with Gasteiger partial charge in [-0.15, -0.1) is 0 Å². The Morgan fingerprint density at radius 3 is 2.19 bits per heavy atom. The number of nitrogens with two attached hydrogens (primary N) is 1. The molecule has 0 saturated carbocycles. The minimum Gasteiger partial charge on any atom is -0.480 e. The van der Waals surface area contributed by atoms with E-state index in [0.717, 1.165) is 19.3 Å². The minimum absolute atomic E-state index is 0.273. The van der Waals surface area contributed by atoms with Crippen molar-refractivity contribution in [3.8, 4) is 0 Å². The largest absolute Gasteiger partial charge is 0.508 e. The summed E-state index contributed by atoms with van der Waals surface area (Å²) in [5, 5.41) is 8.42. The zero-order valence-electron chi connectivity index (χ0n) is 11.1. The molecule has 0 spiro atoms. The Labute approximate surface area is 119 Å². The Morgan fingerprint density at radius 1 is 1.05 bits per heavy atom. The van der Waals surface area contributed by atoms with E-state index in [1.54, 1.807) is 0 Å². The minimum atomic E-state index is -1.35. The summed E-state index contributed by atoms with van der Waals surface area (Å²) in [6, 6.07) is -1.35. The van der Waals surface area contributed by atoms with Crippen molar-refractivity contribution in [2.75, 3.05) is 26.9 Å². The number of hydrogen-bond acceptors (Lipinski definition) is 9. The van der Waals surface area contributed by atoms with Crippen LogP contribution < -0.4 is 5.73 Å². The van der Waals surface area contributed by atoms with Gasteiger partial charge in [0.15, 0.2) is 0 Å². The first-order chi connectivity index (χ1) is 9.86. The Morgan fingerprint density at radius 2 is 1.62 bits per heavy atom. The van der Waals surface area contributed by atoms with Crippen LogP contribution in [0.3, 0.4) is 0 Å². The first-order valence-corrected chi connectivity index (χ1v) is 5.57. The molecule has 10 nitrogen and oxygen atoms in total. The van der Waals surface area contributed by atoms with Crippen LogP contribution in [0.5, 0.6) is 0 Å². The molecule has 118 valence electrons. The number of carboxylic acids is 1. The summed E-state index contributed by atoms with van der Waals surface area (Å²) in [4.78, 5) is 43.0. The van der Waals surface area contributed by atoms with Gasteiger partial charge in [-0.3, -0.25) is 4.79 Å². The summed E-state index contributed by atoms with van der Waals surface area (Å²) < 4.78 is 17.7. The van der Waals surface area contributed by atoms with Crippen LogP contribution in [0.4, 0.5) is 4.79 Å². The smallest absolute Gasteiger partial charge is 0.480 e. The molecule has 0 rings (SSSR count). The standard InChI is InChI=1S/C11H15NO9/c1-18-8(13)2-3-9(14)19-4-5-20-11(17)21-6-7(12)10(15)16/h2-3,7H,4-6,12H2,1H3,(H,15,16)/b3-2+. The Kier molecular flexibility index (Phi) is 8.93. The summed E-state index contributed by atoms with van der Waals surface area (Å²) in [6.07, 6.45) is 0.564. The fourth-order valence-electron chi connectivity index (χ4n) is 0.790. The third kappa shape index (κ3) is 9.90. The van der Waals surface area contributed by atoms with Crippen LogP contribution >= 0.6 is 0 Å². The average Bonchev–Trinajstić information content (AvgIpc) is 2.46. The highest BCUT2D eigenvalue weighted by Crippen LogP contribution is 1.90. The van der Waals surface area contributed by atoms with E-state index in [4.69, 9.17) is 10.8 Å². The van der Waals surface area contributed by atoms with Crippen LogP contribution in [-0.4, -0.2) is 62.1 Å². The van der Waals surface area contributed by atoms with Crippen LogP contribution in [0.2, 0.25) is 0 Å². The van der Waals surface area contributed by atoms with E-state index in [2.05, 4.69) is 18.9 Å². The highest BCUT2D eigenvalue weighted by atomic mass is 16.7. The average molecular weight is 305 g/mol. The fourth-order valence-corrected chi connectivity index (χ4v) is 0.790. The maximum Gasteiger partial charge on any atom is 0.508 e.